The number of anilines is 1. The number of pyridine rings is 2. The van der Waals surface area contributed by atoms with Crippen LogP contribution in [0.15, 0.2) is 30.6 Å². The number of nitrogens with zero attached hydrogens (tertiary/aromatic N) is 2. The van der Waals surface area contributed by atoms with Crippen LogP contribution in [0.4, 0.5) is 10.2 Å². The Morgan fingerprint density at radius 2 is 2.10 bits per heavy atom. The number of rotatable bonds is 5. The van der Waals surface area contributed by atoms with Gasteiger partial charge in [0.15, 0.2) is 0 Å². The van der Waals surface area contributed by atoms with Crippen LogP contribution in [0.5, 0.6) is 0 Å². The van der Waals surface area contributed by atoms with Crippen molar-refractivity contribution in [3.8, 4) is 0 Å². The Morgan fingerprint density at radius 1 is 1.30 bits per heavy atom. The highest BCUT2D eigenvalue weighted by atomic mass is 19.1. The van der Waals surface area contributed by atoms with Gasteiger partial charge >= 0.3 is 0 Å². The van der Waals surface area contributed by atoms with E-state index in [9.17, 15) is 4.39 Å². The van der Waals surface area contributed by atoms with Crippen LogP contribution in [0.3, 0.4) is 0 Å². The minimum atomic E-state index is -0.384. The molecule has 0 amide bonds. The number of halogens is 1. The predicted octanol–water partition coefficient (Wildman–Crippen LogP) is 2.60. The zero-order chi connectivity index (χ0) is 14.5. The number of nitrogens with one attached hydrogen (secondary N) is 1. The Morgan fingerprint density at radius 3 is 2.75 bits per heavy atom. The molecule has 4 nitrogen and oxygen atoms in total. The van der Waals surface area contributed by atoms with E-state index in [1.54, 1.807) is 18.5 Å². The first kappa shape index (κ1) is 14.4. The van der Waals surface area contributed by atoms with E-state index >= 15 is 0 Å². The van der Waals surface area contributed by atoms with Gasteiger partial charge in [0.05, 0.1) is 11.7 Å². The smallest absolute Gasteiger partial charge is 0.146 e. The highest BCUT2D eigenvalue weighted by molar-refractivity contribution is 5.49. The lowest BCUT2D eigenvalue weighted by atomic mass is 9.98. The molecule has 2 heterocycles. The van der Waals surface area contributed by atoms with Gasteiger partial charge in [0.1, 0.15) is 11.6 Å². The summed E-state index contributed by atoms with van der Waals surface area (Å²) in [4.78, 5) is 8.28. The lowest BCUT2D eigenvalue weighted by molar-refractivity contribution is 0.530. The van der Waals surface area contributed by atoms with Crippen LogP contribution < -0.4 is 11.1 Å². The van der Waals surface area contributed by atoms with Gasteiger partial charge in [0, 0.05) is 18.0 Å². The van der Waals surface area contributed by atoms with E-state index in [1.807, 2.05) is 13.0 Å². The fourth-order valence-electron chi connectivity index (χ4n) is 2.20. The molecular weight excluding hydrogens is 255 g/mol. The van der Waals surface area contributed by atoms with Crippen molar-refractivity contribution in [3.63, 3.8) is 0 Å². The van der Waals surface area contributed by atoms with Crippen LogP contribution in [-0.2, 0) is 0 Å². The van der Waals surface area contributed by atoms with Crippen LogP contribution in [0.1, 0.15) is 36.2 Å². The number of aromatic nitrogens is 2. The molecule has 1 atom stereocenters. The monoisotopic (exact) mass is 274 g/mol. The Balaban J connectivity index is 2.50. The average molecular weight is 274 g/mol. The fraction of sp³-hybridized carbons (Fsp3) is 0.333. The summed E-state index contributed by atoms with van der Waals surface area (Å²) in [6.45, 7) is 4.74. The van der Waals surface area contributed by atoms with Crippen LogP contribution in [-0.4, -0.2) is 16.5 Å². The highest BCUT2D eigenvalue weighted by Crippen LogP contribution is 2.28. The van der Waals surface area contributed by atoms with Crippen molar-refractivity contribution < 1.29 is 4.39 Å². The molecule has 2 aromatic rings. The summed E-state index contributed by atoms with van der Waals surface area (Å²) in [5.74, 6) is 0.0624. The molecule has 0 aliphatic heterocycles. The van der Waals surface area contributed by atoms with Gasteiger partial charge in [0.2, 0.25) is 0 Å². The molecular formula is C15H19FN4. The summed E-state index contributed by atoms with van der Waals surface area (Å²) in [5, 5.41) is 3.30. The van der Waals surface area contributed by atoms with E-state index < -0.39 is 0 Å². The van der Waals surface area contributed by atoms with Gasteiger partial charge in [-0.3, -0.25) is 4.98 Å². The van der Waals surface area contributed by atoms with Gasteiger partial charge in [-0.2, -0.15) is 0 Å². The predicted molar refractivity (Wildman–Crippen MR) is 77.7 cm³/mol. The molecule has 20 heavy (non-hydrogen) atoms. The minimum Gasteiger partial charge on any atom is -0.383 e. The molecule has 5 heteroatoms. The second-order valence-electron chi connectivity index (χ2n) is 4.68. The molecule has 0 saturated carbocycles. The maximum Gasteiger partial charge on any atom is 0.146 e. The van der Waals surface area contributed by atoms with E-state index in [0.29, 0.717) is 11.5 Å². The first-order valence-electron chi connectivity index (χ1n) is 6.70. The summed E-state index contributed by atoms with van der Waals surface area (Å²) in [6, 6.07) is 4.47. The number of nitrogens with two attached hydrogens (primary N) is 1. The van der Waals surface area contributed by atoms with Crippen LogP contribution in [0.2, 0.25) is 0 Å². The van der Waals surface area contributed by atoms with Gasteiger partial charge in [-0.05, 0) is 43.7 Å². The number of hydrogen-bond donors (Lipinski definition) is 2. The third-order valence-corrected chi connectivity index (χ3v) is 3.19. The third-order valence-electron chi connectivity index (χ3n) is 3.19. The summed E-state index contributed by atoms with van der Waals surface area (Å²) in [5.41, 5.74) is 8.09. The molecule has 0 aliphatic carbocycles. The quantitative estimate of drug-likeness (QED) is 0.879. The number of aryl methyl sites for hydroxylation is 1. The molecule has 0 saturated heterocycles. The van der Waals surface area contributed by atoms with Gasteiger partial charge in [0.25, 0.3) is 0 Å². The van der Waals surface area contributed by atoms with Gasteiger partial charge in [-0.15, -0.1) is 0 Å². The van der Waals surface area contributed by atoms with Gasteiger partial charge < -0.3 is 11.1 Å². The van der Waals surface area contributed by atoms with Crippen molar-refractivity contribution in [2.45, 2.75) is 26.3 Å². The van der Waals surface area contributed by atoms with Crippen molar-refractivity contribution in [1.82, 2.24) is 15.3 Å². The SMILES string of the molecule is CCCNC(c1ncccc1F)c1c(C)ccnc1N. The Labute approximate surface area is 118 Å². The van der Waals surface area contributed by atoms with Gasteiger partial charge in [-0.1, -0.05) is 6.92 Å². The molecule has 106 valence electrons. The first-order valence-corrected chi connectivity index (χ1v) is 6.70. The lowest BCUT2D eigenvalue weighted by Crippen LogP contribution is -2.27. The van der Waals surface area contributed by atoms with Crippen LogP contribution in [0.25, 0.3) is 0 Å². The Bertz CT molecular complexity index is 566. The summed E-state index contributed by atoms with van der Waals surface area (Å²) < 4.78 is 14.1. The van der Waals surface area contributed by atoms with Crippen molar-refractivity contribution in [1.29, 1.82) is 0 Å². The maximum absolute atomic E-state index is 14.1. The lowest BCUT2D eigenvalue weighted by Gasteiger charge is -2.21. The van der Waals surface area contributed by atoms with Crippen LogP contribution >= 0.6 is 0 Å². The molecule has 2 rings (SSSR count). The number of nitrogen functional groups attached to an aromatic ring is 1. The average Bonchev–Trinajstić information content (AvgIpc) is 2.43. The van der Waals surface area contributed by atoms with E-state index in [0.717, 1.165) is 24.1 Å². The van der Waals surface area contributed by atoms with Crippen molar-refractivity contribution in [2.24, 2.45) is 0 Å². The maximum atomic E-state index is 14.1. The second kappa shape index (κ2) is 6.43. The van der Waals surface area contributed by atoms with E-state index in [-0.39, 0.29) is 11.9 Å². The van der Waals surface area contributed by atoms with E-state index in [2.05, 4.69) is 22.2 Å². The van der Waals surface area contributed by atoms with Crippen molar-refractivity contribution in [3.05, 3.63) is 53.2 Å². The molecule has 0 fully saturated rings. The zero-order valence-corrected chi connectivity index (χ0v) is 11.7. The topological polar surface area (TPSA) is 63.8 Å². The minimum absolute atomic E-state index is 0.344. The highest BCUT2D eigenvalue weighted by Gasteiger charge is 2.22. The molecule has 0 bridgehead atoms. The van der Waals surface area contributed by atoms with Crippen molar-refractivity contribution >= 4 is 5.82 Å². The van der Waals surface area contributed by atoms with E-state index in [4.69, 9.17) is 5.73 Å². The Hall–Kier alpha value is -2.01. The third kappa shape index (κ3) is 2.93. The van der Waals surface area contributed by atoms with Crippen molar-refractivity contribution in [2.75, 3.05) is 12.3 Å². The van der Waals surface area contributed by atoms with Gasteiger partial charge in [-0.25, -0.2) is 9.37 Å². The molecule has 0 radical (unpaired) electrons. The first-order chi connectivity index (χ1) is 9.65. The molecule has 0 spiro atoms. The summed E-state index contributed by atoms with van der Waals surface area (Å²) in [6.07, 6.45) is 4.17. The van der Waals surface area contributed by atoms with E-state index in [1.165, 1.54) is 6.07 Å². The zero-order valence-electron chi connectivity index (χ0n) is 11.7. The molecule has 1 unspecified atom stereocenters. The van der Waals surface area contributed by atoms with Crippen LogP contribution in [0, 0.1) is 12.7 Å². The summed E-state index contributed by atoms with van der Waals surface area (Å²) in [7, 11) is 0. The molecule has 0 aromatic carbocycles. The Kier molecular flexibility index (Phi) is 4.63. The molecule has 0 aliphatic rings. The normalized spacial score (nSPS) is 12.3. The summed E-state index contributed by atoms with van der Waals surface area (Å²) >= 11 is 0. The fourth-order valence-corrected chi connectivity index (χ4v) is 2.20. The largest absolute Gasteiger partial charge is 0.383 e. The molecule has 2 aromatic heterocycles. The second-order valence-corrected chi connectivity index (χ2v) is 4.68. The standard InChI is InChI=1S/C15H19FN4/c1-3-7-18-14(13-11(16)5-4-8-19-13)12-10(2)6-9-20-15(12)17/h4-6,8-9,14,18H,3,7H2,1-2H3,(H2,17,20). The number of hydrogen-bond acceptors (Lipinski definition) is 4. The molecule has 3 N–H and O–H groups in total.